The molecule has 0 aliphatic carbocycles. The Balaban J connectivity index is 2.74. The average molecular weight is 158 g/mol. The molecule has 0 radical (unpaired) electrons. The standard InChI is InChI=1S/C9H18O2/c1-3-5-7-11-9-6-8-10-4-2/h4H,2-3,5-9H2,1H3. The van der Waals surface area contributed by atoms with Gasteiger partial charge in [-0.2, -0.15) is 0 Å². The van der Waals surface area contributed by atoms with Gasteiger partial charge in [0, 0.05) is 19.6 Å². The molecule has 0 unspecified atom stereocenters. The first-order valence-corrected chi connectivity index (χ1v) is 4.22. The third-order valence-corrected chi connectivity index (χ3v) is 1.31. The van der Waals surface area contributed by atoms with Gasteiger partial charge in [-0.15, -0.1) is 0 Å². The fourth-order valence-corrected chi connectivity index (χ4v) is 0.676. The summed E-state index contributed by atoms with van der Waals surface area (Å²) in [6.45, 7) is 8.00. The Labute approximate surface area is 69.2 Å². The van der Waals surface area contributed by atoms with E-state index in [1.807, 2.05) is 0 Å². The first kappa shape index (κ1) is 10.5. The third-order valence-electron chi connectivity index (χ3n) is 1.31. The van der Waals surface area contributed by atoms with E-state index < -0.39 is 0 Å². The monoisotopic (exact) mass is 158 g/mol. The molecule has 0 saturated heterocycles. The van der Waals surface area contributed by atoms with Crippen molar-refractivity contribution in [3.63, 3.8) is 0 Å². The van der Waals surface area contributed by atoms with Crippen molar-refractivity contribution in [2.24, 2.45) is 0 Å². The maximum absolute atomic E-state index is 5.31. The SMILES string of the molecule is C=COCCCOCCCC. The van der Waals surface area contributed by atoms with Crippen LogP contribution in [0.2, 0.25) is 0 Å². The molecule has 0 amide bonds. The van der Waals surface area contributed by atoms with Crippen molar-refractivity contribution in [1.29, 1.82) is 0 Å². The number of unbranched alkanes of at least 4 members (excludes halogenated alkanes) is 1. The van der Waals surface area contributed by atoms with Crippen molar-refractivity contribution in [1.82, 2.24) is 0 Å². The van der Waals surface area contributed by atoms with Gasteiger partial charge in [-0.05, 0) is 6.42 Å². The molecule has 0 saturated carbocycles. The molecule has 11 heavy (non-hydrogen) atoms. The molecule has 0 aliphatic rings. The van der Waals surface area contributed by atoms with E-state index in [2.05, 4.69) is 13.5 Å². The first-order chi connectivity index (χ1) is 5.41. The van der Waals surface area contributed by atoms with Crippen LogP contribution >= 0.6 is 0 Å². The maximum Gasteiger partial charge on any atom is 0.0895 e. The second kappa shape index (κ2) is 9.50. The van der Waals surface area contributed by atoms with E-state index >= 15 is 0 Å². The minimum absolute atomic E-state index is 0.718. The van der Waals surface area contributed by atoms with Gasteiger partial charge in [0.1, 0.15) is 0 Å². The first-order valence-electron chi connectivity index (χ1n) is 4.22. The number of hydrogen-bond donors (Lipinski definition) is 0. The van der Waals surface area contributed by atoms with Crippen molar-refractivity contribution in [3.05, 3.63) is 12.8 Å². The Kier molecular flexibility index (Phi) is 9.07. The van der Waals surface area contributed by atoms with Crippen LogP contribution in [0.4, 0.5) is 0 Å². The third kappa shape index (κ3) is 9.50. The summed E-state index contributed by atoms with van der Waals surface area (Å²) in [5.41, 5.74) is 0. The Morgan fingerprint density at radius 1 is 1.18 bits per heavy atom. The van der Waals surface area contributed by atoms with Gasteiger partial charge in [0.15, 0.2) is 0 Å². The van der Waals surface area contributed by atoms with Crippen LogP contribution in [0.3, 0.4) is 0 Å². The molecule has 0 heterocycles. The van der Waals surface area contributed by atoms with E-state index in [4.69, 9.17) is 9.47 Å². The van der Waals surface area contributed by atoms with Crippen molar-refractivity contribution in [3.8, 4) is 0 Å². The summed E-state index contributed by atoms with van der Waals surface area (Å²) >= 11 is 0. The number of rotatable bonds is 8. The van der Waals surface area contributed by atoms with E-state index in [9.17, 15) is 0 Å². The van der Waals surface area contributed by atoms with Crippen LogP contribution in [0.1, 0.15) is 26.2 Å². The Bertz CT molecular complexity index is 81.6. The van der Waals surface area contributed by atoms with Gasteiger partial charge in [0.05, 0.1) is 12.9 Å². The largest absolute Gasteiger partial charge is 0.502 e. The van der Waals surface area contributed by atoms with Gasteiger partial charge in [-0.3, -0.25) is 0 Å². The molecule has 0 aromatic carbocycles. The Hall–Kier alpha value is -0.500. The predicted molar refractivity (Wildman–Crippen MR) is 46.5 cm³/mol. The van der Waals surface area contributed by atoms with Gasteiger partial charge in [0.2, 0.25) is 0 Å². The van der Waals surface area contributed by atoms with Crippen molar-refractivity contribution in [2.75, 3.05) is 19.8 Å². The fraction of sp³-hybridized carbons (Fsp3) is 0.778. The molecule has 0 spiro atoms. The minimum Gasteiger partial charge on any atom is -0.502 e. The highest BCUT2D eigenvalue weighted by Crippen LogP contribution is 1.90. The molecule has 0 aromatic heterocycles. The fourth-order valence-electron chi connectivity index (χ4n) is 0.676. The minimum atomic E-state index is 0.718. The predicted octanol–water partition coefficient (Wildman–Crippen LogP) is 2.35. The maximum atomic E-state index is 5.31. The molecular formula is C9H18O2. The lowest BCUT2D eigenvalue weighted by atomic mass is 10.4. The smallest absolute Gasteiger partial charge is 0.0895 e. The normalized spacial score (nSPS) is 9.55. The summed E-state index contributed by atoms with van der Waals surface area (Å²) in [6, 6.07) is 0. The van der Waals surface area contributed by atoms with Crippen LogP contribution < -0.4 is 0 Å². The van der Waals surface area contributed by atoms with Crippen LogP contribution in [0.15, 0.2) is 12.8 Å². The topological polar surface area (TPSA) is 18.5 Å². The highest BCUT2D eigenvalue weighted by atomic mass is 16.5. The summed E-state index contributed by atoms with van der Waals surface area (Å²) in [7, 11) is 0. The molecule has 0 N–H and O–H groups in total. The summed E-state index contributed by atoms with van der Waals surface area (Å²) in [5.74, 6) is 0. The summed E-state index contributed by atoms with van der Waals surface area (Å²) < 4.78 is 10.2. The summed E-state index contributed by atoms with van der Waals surface area (Å²) in [6.07, 6.45) is 4.77. The second-order valence-electron chi connectivity index (χ2n) is 2.36. The quantitative estimate of drug-likeness (QED) is 0.399. The van der Waals surface area contributed by atoms with Gasteiger partial charge in [-0.25, -0.2) is 0 Å². The van der Waals surface area contributed by atoms with Crippen molar-refractivity contribution >= 4 is 0 Å². The lowest BCUT2D eigenvalue weighted by Crippen LogP contribution is -1.99. The molecule has 0 fully saturated rings. The van der Waals surface area contributed by atoms with Crippen LogP contribution in [0, 0.1) is 0 Å². The highest BCUT2D eigenvalue weighted by molar-refractivity contribution is 4.48. The second-order valence-corrected chi connectivity index (χ2v) is 2.36. The van der Waals surface area contributed by atoms with Gasteiger partial charge < -0.3 is 9.47 Å². The lowest BCUT2D eigenvalue weighted by Gasteiger charge is -2.02. The summed E-state index contributed by atoms with van der Waals surface area (Å²) in [5, 5.41) is 0. The van der Waals surface area contributed by atoms with Gasteiger partial charge >= 0.3 is 0 Å². The van der Waals surface area contributed by atoms with Crippen molar-refractivity contribution in [2.45, 2.75) is 26.2 Å². The highest BCUT2D eigenvalue weighted by Gasteiger charge is 1.87. The Morgan fingerprint density at radius 3 is 2.55 bits per heavy atom. The number of ether oxygens (including phenoxy) is 2. The van der Waals surface area contributed by atoms with E-state index in [-0.39, 0.29) is 0 Å². The molecule has 2 heteroatoms. The van der Waals surface area contributed by atoms with E-state index in [0.717, 1.165) is 32.7 Å². The molecule has 0 atom stereocenters. The van der Waals surface area contributed by atoms with Gasteiger partial charge in [-0.1, -0.05) is 19.9 Å². The molecule has 0 rings (SSSR count). The average Bonchev–Trinajstić information content (AvgIpc) is 2.03. The van der Waals surface area contributed by atoms with E-state index in [1.165, 1.54) is 12.7 Å². The zero-order valence-electron chi connectivity index (χ0n) is 7.34. The van der Waals surface area contributed by atoms with E-state index in [1.54, 1.807) is 0 Å². The van der Waals surface area contributed by atoms with E-state index in [0.29, 0.717) is 0 Å². The van der Waals surface area contributed by atoms with Crippen LogP contribution in [-0.4, -0.2) is 19.8 Å². The molecular weight excluding hydrogens is 140 g/mol. The number of hydrogen-bond acceptors (Lipinski definition) is 2. The molecule has 2 nitrogen and oxygen atoms in total. The molecule has 0 bridgehead atoms. The lowest BCUT2D eigenvalue weighted by molar-refractivity contribution is 0.110. The van der Waals surface area contributed by atoms with Crippen LogP contribution in [0.5, 0.6) is 0 Å². The summed E-state index contributed by atoms with van der Waals surface area (Å²) in [4.78, 5) is 0. The van der Waals surface area contributed by atoms with Crippen LogP contribution in [0.25, 0.3) is 0 Å². The molecule has 0 aliphatic heterocycles. The zero-order chi connectivity index (χ0) is 8.36. The Morgan fingerprint density at radius 2 is 1.91 bits per heavy atom. The van der Waals surface area contributed by atoms with Crippen LogP contribution in [-0.2, 0) is 9.47 Å². The molecule has 66 valence electrons. The molecule has 0 aromatic rings. The van der Waals surface area contributed by atoms with Gasteiger partial charge in [0.25, 0.3) is 0 Å². The van der Waals surface area contributed by atoms with Crippen molar-refractivity contribution < 1.29 is 9.47 Å². The zero-order valence-corrected chi connectivity index (χ0v) is 7.34.